The van der Waals surface area contributed by atoms with Crippen molar-refractivity contribution in [1.82, 2.24) is 10.5 Å². The second-order valence-electron chi connectivity index (χ2n) is 6.90. The van der Waals surface area contributed by atoms with Crippen molar-refractivity contribution < 1.29 is 18.8 Å². The van der Waals surface area contributed by atoms with Crippen LogP contribution in [-0.4, -0.2) is 41.3 Å². The van der Waals surface area contributed by atoms with Gasteiger partial charge in [0.2, 0.25) is 11.8 Å². The van der Waals surface area contributed by atoms with Crippen molar-refractivity contribution in [2.24, 2.45) is 11.8 Å². The van der Waals surface area contributed by atoms with E-state index in [4.69, 9.17) is 9.26 Å². The summed E-state index contributed by atoms with van der Waals surface area (Å²) in [6.45, 7) is 2.16. The minimum absolute atomic E-state index is 0.0692. The predicted molar refractivity (Wildman–Crippen MR) is 78.5 cm³/mol. The zero-order chi connectivity index (χ0) is 15.8. The number of nitrogens with one attached hydrogen (secondary N) is 1. The Balaban J connectivity index is 1.48. The van der Waals surface area contributed by atoms with Gasteiger partial charge in [-0.3, -0.25) is 14.5 Å². The summed E-state index contributed by atoms with van der Waals surface area (Å²) in [4.78, 5) is 27.1. The lowest BCUT2D eigenvalue weighted by Gasteiger charge is -2.23. The molecule has 1 saturated carbocycles. The third-order valence-corrected chi connectivity index (χ3v) is 5.22. The molecule has 4 heterocycles. The van der Waals surface area contributed by atoms with Gasteiger partial charge in [-0.2, -0.15) is 0 Å². The highest BCUT2D eigenvalue weighted by Crippen LogP contribution is 2.52. The van der Waals surface area contributed by atoms with Crippen molar-refractivity contribution in [3.05, 3.63) is 24.0 Å². The molecule has 3 aliphatic heterocycles. The number of carbonyl (C=O) groups excluding carboxylic acids is 2. The zero-order valence-electron chi connectivity index (χ0n) is 12.7. The van der Waals surface area contributed by atoms with Gasteiger partial charge in [-0.25, -0.2) is 0 Å². The van der Waals surface area contributed by atoms with Gasteiger partial charge in [-0.15, -0.1) is 0 Å². The van der Waals surface area contributed by atoms with E-state index in [1.54, 1.807) is 17.9 Å². The van der Waals surface area contributed by atoms with Crippen LogP contribution in [0.2, 0.25) is 0 Å². The first-order valence-electron chi connectivity index (χ1n) is 8.00. The second-order valence-corrected chi connectivity index (χ2v) is 6.90. The first-order valence-corrected chi connectivity index (χ1v) is 8.00. The fourth-order valence-electron chi connectivity index (χ4n) is 4.00. The average molecular weight is 315 g/mol. The number of ether oxygens (including phenoxy) is 1. The van der Waals surface area contributed by atoms with Crippen molar-refractivity contribution >= 4 is 17.6 Å². The first kappa shape index (κ1) is 13.3. The fraction of sp³-hybridized carbons (Fsp3) is 0.562. The van der Waals surface area contributed by atoms with Crippen LogP contribution >= 0.6 is 0 Å². The normalized spacial score (nSPS) is 37.5. The number of hydrogen-bond acceptors (Lipinski definition) is 5. The number of aromatic nitrogens is 1. The van der Waals surface area contributed by atoms with Crippen LogP contribution in [0.1, 0.15) is 18.6 Å². The highest BCUT2D eigenvalue weighted by molar-refractivity contribution is 6.02. The SMILES string of the molecule is Cc1cc(N2CC34C=CC(O3)C(C(=O)NC3CC3)C4C2=O)no1. The number of nitrogens with zero attached hydrogens (tertiary/aromatic N) is 2. The maximum absolute atomic E-state index is 12.9. The highest BCUT2D eigenvalue weighted by atomic mass is 16.5. The lowest BCUT2D eigenvalue weighted by atomic mass is 9.77. The standard InChI is InChI=1S/C16H17N3O4/c1-8-6-11(18-23-8)19-7-16-5-4-10(22-16)12(13(16)15(19)21)14(20)17-9-2-3-9/h4-6,9-10,12-13H,2-3,7H2,1H3,(H,17,20). The first-order chi connectivity index (χ1) is 11.1. The lowest BCUT2D eigenvalue weighted by molar-refractivity contribution is -0.132. The molecule has 2 bridgehead atoms. The summed E-state index contributed by atoms with van der Waals surface area (Å²) in [7, 11) is 0. The average Bonchev–Trinajstić information content (AvgIpc) is 2.87. The van der Waals surface area contributed by atoms with Crippen LogP contribution in [0.3, 0.4) is 0 Å². The van der Waals surface area contributed by atoms with Gasteiger partial charge in [0, 0.05) is 12.1 Å². The maximum atomic E-state index is 12.9. The van der Waals surface area contributed by atoms with Gasteiger partial charge in [0.25, 0.3) is 0 Å². The molecule has 120 valence electrons. The van der Waals surface area contributed by atoms with Gasteiger partial charge in [0.15, 0.2) is 5.82 Å². The number of amides is 2. The quantitative estimate of drug-likeness (QED) is 0.823. The van der Waals surface area contributed by atoms with Crippen molar-refractivity contribution in [2.45, 2.75) is 37.5 Å². The van der Waals surface area contributed by atoms with E-state index in [1.165, 1.54) is 0 Å². The Morgan fingerprint density at radius 1 is 1.48 bits per heavy atom. The summed E-state index contributed by atoms with van der Waals surface area (Å²) in [5.74, 6) is 0.0185. The molecule has 7 nitrogen and oxygen atoms in total. The summed E-state index contributed by atoms with van der Waals surface area (Å²) in [6.07, 6.45) is 5.60. The van der Waals surface area contributed by atoms with E-state index in [1.807, 2.05) is 12.2 Å². The van der Waals surface area contributed by atoms with Crippen molar-refractivity contribution in [1.29, 1.82) is 0 Å². The van der Waals surface area contributed by atoms with E-state index >= 15 is 0 Å². The van der Waals surface area contributed by atoms with Crippen molar-refractivity contribution in [3.8, 4) is 0 Å². The van der Waals surface area contributed by atoms with E-state index in [-0.39, 0.29) is 24.0 Å². The van der Waals surface area contributed by atoms with E-state index in [2.05, 4.69) is 10.5 Å². The molecule has 1 aromatic rings. The molecular weight excluding hydrogens is 298 g/mol. The van der Waals surface area contributed by atoms with Gasteiger partial charge >= 0.3 is 0 Å². The largest absolute Gasteiger partial charge is 0.360 e. The van der Waals surface area contributed by atoms with Crippen LogP contribution in [0.4, 0.5) is 5.82 Å². The molecule has 2 saturated heterocycles. The van der Waals surface area contributed by atoms with E-state index in [0.717, 1.165) is 12.8 Å². The van der Waals surface area contributed by atoms with Gasteiger partial charge in [-0.1, -0.05) is 17.3 Å². The molecule has 0 radical (unpaired) electrons. The second kappa shape index (κ2) is 4.23. The predicted octanol–water partition coefficient (Wildman–Crippen LogP) is 0.548. The van der Waals surface area contributed by atoms with Crippen LogP contribution in [-0.2, 0) is 14.3 Å². The number of fused-ring (bicyclic) bond motifs is 1. The van der Waals surface area contributed by atoms with Crippen LogP contribution < -0.4 is 10.2 Å². The Morgan fingerprint density at radius 3 is 3.00 bits per heavy atom. The molecule has 4 unspecified atom stereocenters. The highest BCUT2D eigenvalue weighted by Gasteiger charge is 2.67. The Labute approximate surface area is 132 Å². The molecule has 7 heteroatoms. The molecular formula is C16H17N3O4. The molecule has 5 rings (SSSR count). The third-order valence-electron chi connectivity index (χ3n) is 5.22. The Kier molecular flexibility index (Phi) is 2.44. The Bertz CT molecular complexity index is 737. The molecule has 23 heavy (non-hydrogen) atoms. The minimum Gasteiger partial charge on any atom is -0.360 e. The van der Waals surface area contributed by atoms with Crippen molar-refractivity contribution in [2.75, 3.05) is 11.4 Å². The number of hydrogen-bond donors (Lipinski definition) is 1. The summed E-state index contributed by atoms with van der Waals surface area (Å²) < 4.78 is 11.1. The summed E-state index contributed by atoms with van der Waals surface area (Å²) in [6, 6.07) is 2.00. The van der Waals surface area contributed by atoms with Crippen LogP contribution in [0.25, 0.3) is 0 Å². The number of rotatable bonds is 3. The Hall–Kier alpha value is -2.15. The molecule has 1 aromatic heterocycles. The summed E-state index contributed by atoms with van der Waals surface area (Å²) >= 11 is 0. The monoisotopic (exact) mass is 315 g/mol. The molecule has 1 spiro atoms. The molecule has 3 fully saturated rings. The van der Waals surface area contributed by atoms with Crippen molar-refractivity contribution in [3.63, 3.8) is 0 Å². The van der Waals surface area contributed by atoms with Gasteiger partial charge in [0.05, 0.1) is 24.5 Å². The third kappa shape index (κ3) is 1.77. The Morgan fingerprint density at radius 2 is 2.30 bits per heavy atom. The summed E-state index contributed by atoms with van der Waals surface area (Å²) in [5.41, 5.74) is -0.708. The van der Waals surface area contributed by atoms with Crippen LogP contribution in [0.15, 0.2) is 22.7 Å². The van der Waals surface area contributed by atoms with E-state index in [9.17, 15) is 9.59 Å². The lowest BCUT2D eigenvalue weighted by Crippen LogP contribution is -2.44. The summed E-state index contributed by atoms with van der Waals surface area (Å²) in [5, 5.41) is 6.94. The molecule has 0 aromatic carbocycles. The van der Waals surface area contributed by atoms with Gasteiger partial charge in [0.1, 0.15) is 11.4 Å². The van der Waals surface area contributed by atoms with Gasteiger partial charge in [-0.05, 0) is 19.8 Å². The fourth-order valence-corrected chi connectivity index (χ4v) is 4.00. The van der Waals surface area contributed by atoms with E-state index < -0.39 is 17.4 Å². The number of aryl methyl sites for hydroxylation is 1. The molecule has 1 aliphatic carbocycles. The van der Waals surface area contributed by atoms with Crippen LogP contribution in [0.5, 0.6) is 0 Å². The van der Waals surface area contributed by atoms with Gasteiger partial charge < -0.3 is 14.6 Å². The smallest absolute Gasteiger partial charge is 0.235 e. The molecule has 2 amide bonds. The minimum atomic E-state index is -0.708. The number of anilines is 1. The van der Waals surface area contributed by atoms with Crippen LogP contribution in [0, 0.1) is 18.8 Å². The topological polar surface area (TPSA) is 84.7 Å². The van der Waals surface area contributed by atoms with E-state index in [0.29, 0.717) is 18.1 Å². The molecule has 1 N–H and O–H groups in total. The molecule has 4 aliphatic rings. The molecule has 4 atom stereocenters. The zero-order valence-corrected chi connectivity index (χ0v) is 12.7. The number of carbonyl (C=O) groups is 2. The maximum Gasteiger partial charge on any atom is 0.235 e.